The van der Waals surface area contributed by atoms with E-state index < -0.39 is 5.41 Å². The van der Waals surface area contributed by atoms with Crippen molar-refractivity contribution < 1.29 is 10.0 Å². The number of hydrogen-bond acceptors (Lipinski definition) is 3. The van der Waals surface area contributed by atoms with Crippen molar-refractivity contribution in [1.82, 2.24) is 0 Å². The zero-order valence-corrected chi connectivity index (χ0v) is 13.3. The van der Waals surface area contributed by atoms with Gasteiger partial charge in [-0.3, -0.25) is 4.79 Å². The smallest absolute Gasteiger partial charge is 0.238 e. The Kier molecular flexibility index (Phi) is 4.86. The van der Waals surface area contributed by atoms with Gasteiger partial charge in [0.25, 0.3) is 0 Å². The van der Waals surface area contributed by atoms with Crippen LogP contribution < -0.4 is 11.1 Å². The molecule has 0 saturated heterocycles. The zero-order valence-electron chi connectivity index (χ0n) is 11.0. The molecule has 0 unspecified atom stereocenters. The van der Waals surface area contributed by atoms with Gasteiger partial charge in [-0.25, -0.2) is 0 Å². The second kappa shape index (κ2) is 6.30. The van der Waals surface area contributed by atoms with Gasteiger partial charge in [0.2, 0.25) is 5.91 Å². The fourth-order valence-corrected chi connectivity index (χ4v) is 3.13. The van der Waals surface area contributed by atoms with Crippen LogP contribution in [0.25, 0.3) is 0 Å². The molecule has 1 aromatic carbocycles. The monoisotopic (exact) mass is 349 g/mol. The highest BCUT2D eigenvalue weighted by molar-refractivity contribution is 6.44. The third-order valence-electron chi connectivity index (χ3n) is 3.75. The number of carbonyl (C=O) groups excluding carboxylic acids is 1. The molecule has 1 aliphatic rings. The van der Waals surface area contributed by atoms with Crippen LogP contribution in [0.15, 0.2) is 17.3 Å². The van der Waals surface area contributed by atoms with Gasteiger partial charge in [0.05, 0.1) is 20.8 Å². The molecule has 0 atom stereocenters. The number of carbonyl (C=O) groups is 1. The standard InChI is InChI=1S/C13H14Cl3N3O2/c14-7-5-9(16)10(6-8(7)15)18-12(20)13(11(17)19-21)3-1-2-4-13/h5-6,21H,1-4H2,(H2,17,19)(H,18,20). The maximum absolute atomic E-state index is 12.6. The summed E-state index contributed by atoms with van der Waals surface area (Å²) in [5.74, 6) is -0.454. The number of nitrogens with two attached hydrogens (primary N) is 1. The predicted octanol–water partition coefficient (Wildman–Crippen LogP) is 3.89. The molecule has 5 nitrogen and oxygen atoms in total. The minimum atomic E-state index is -1.01. The lowest BCUT2D eigenvalue weighted by atomic mass is 9.83. The van der Waals surface area contributed by atoms with Gasteiger partial charge in [0.1, 0.15) is 5.41 Å². The second-order valence-electron chi connectivity index (χ2n) is 4.97. The molecule has 0 aliphatic heterocycles. The summed E-state index contributed by atoms with van der Waals surface area (Å²) in [6.45, 7) is 0. The molecule has 1 amide bonds. The van der Waals surface area contributed by atoms with Gasteiger partial charge in [-0.15, -0.1) is 0 Å². The summed E-state index contributed by atoms with van der Waals surface area (Å²) in [5.41, 5.74) is 5.05. The Morgan fingerprint density at radius 2 is 1.76 bits per heavy atom. The molecule has 2 rings (SSSR count). The number of nitrogens with zero attached hydrogens (tertiary/aromatic N) is 1. The highest BCUT2D eigenvalue weighted by atomic mass is 35.5. The highest BCUT2D eigenvalue weighted by Crippen LogP contribution is 2.40. The van der Waals surface area contributed by atoms with Crippen LogP contribution in [0.3, 0.4) is 0 Å². The van der Waals surface area contributed by atoms with Crippen molar-refractivity contribution in [2.45, 2.75) is 25.7 Å². The van der Waals surface area contributed by atoms with Gasteiger partial charge >= 0.3 is 0 Å². The van der Waals surface area contributed by atoms with Gasteiger partial charge in [-0.2, -0.15) is 0 Å². The number of nitrogens with one attached hydrogen (secondary N) is 1. The normalized spacial score (nSPS) is 17.8. The highest BCUT2D eigenvalue weighted by Gasteiger charge is 2.45. The van der Waals surface area contributed by atoms with Crippen molar-refractivity contribution in [2.75, 3.05) is 5.32 Å². The molecule has 0 bridgehead atoms. The van der Waals surface area contributed by atoms with Crippen LogP contribution in [0.5, 0.6) is 0 Å². The van der Waals surface area contributed by atoms with Gasteiger partial charge in [-0.1, -0.05) is 52.8 Å². The third kappa shape index (κ3) is 3.05. The number of amidine groups is 1. The molecule has 1 fully saturated rings. The average molecular weight is 351 g/mol. The van der Waals surface area contributed by atoms with E-state index in [4.69, 9.17) is 45.7 Å². The van der Waals surface area contributed by atoms with E-state index in [1.54, 1.807) is 0 Å². The fraction of sp³-hybridized carbons (Fsp3) is 0.385. The lowest BCUT2D eigenvalue weighted by molar-refractivity contribution is -0.122. The van der Waals surface area contributed by atoms with Gasteiger partial charge in [0.15, 0.2) is 5.84 Å². The number of hydrogen-bond donors (Lipinski definition) is 3. The van der Waals surface area contributed by atoms with Gasteiger partial charge in [0, 0.05) is 0 Å². The molecule has 1 aromatic rings. The summed E-state index contributed by atoms with van der Waals surface area (Å²) in [6.07, 6.45) is 2.71. The first-order valence-corrected chi connectivity index (χ1v) is 7.48. The first-order chi connectivity index (χ1) is 9.90. The number of rotatable bonds is 3. The summed E-state index contributed by atoms with van der Waals surface area (Å²) < 4.78 is 0. The summed E-state index contributed by atoms with van der Waals surface area (Å²) in [4.78, 5) is 12.6. The maximum atomic E-state index is 12.6. The Balaban J connectivity index is 2.30. The Morgan fingerprint density at radius 3 is 2.33 bits per heavy atom. The van der Waals surface area contributed by atoms with E-state index in [9.17, 15) is 4.79 Å². The Labute approximate surface area is 137 Å². The quantitative estimate of drug-likeness (QED) is 0.254. The van der Waals surface area contributed by atoms with E-state index in [1.165, 1.54) is 12.1 Å². The van der Waals surface area contributed by atoms with Crippen LogP contribution in [-0.4, -0.2) is 17.0 Å². The molecule has 0 spiro atoms. The van der Waals surface area contributed by atoms with Gasteiger partial charge < -0.3 is 16.3 Å². The molecule has 1 saturated carbocycles. The van der Waals surface area contributed by atoms with Gasteiger partial charge in [-0.05, 0) is 25.0 Å². The summed E-state index contributed by atoms with van der Waals surface area (Å²) in [6, 6.07) is 2.92. The summed E-state index contributed by atoms with van der Waals surface area (Å²) in [7, 11) is 0. The lowest BCUT2D eigenvalue weighted by Gasteiger charge is -2.26. The van der Waals surface area contributed by atoms with E-state index in [-0.39, 0.29) is 21.8 Å². The van der Waals surface area contributed by atoms with Crippen LogP contribution in [0, 0.1) is 5.41 Å². The SMILES string of the molecule is NC(=NO)C1(C(=O)Nc2cc(Cl)c(Cl)cc2Cl)CCCC1. The maximum Gasteiger partial charge on any atom is 0.238 e. The van der Waals surface area contributed by atoms with Crippen molar-refractivity contribution >= 4 is 52.2 Å². The van der Waals surface area contributed by atoms with Crippen LogP contribution in [0.2, 0.25) is 15.1 Å². The Bertz CT molecular complexity index is 599. The number of anilines is 1. The van der Waals surface area contributed by atoms with E-state index >= 15 is 0 Å². The minimum Gasteiger partial charge on any atom is -0.409 e. The molecular weight excluding hydrogens is 337 g/mol. The van der Waals surface area contributed by atoms with Crippen molar-refractivity contribution in [3.63, 3.8) is 0 Å². The van der Waals surface area contributed by atoms with Crippen LogP contribution in [-0.2, 0) is 4.79 Å². The number of amides is 1. The predicted molar refractivity (Wildman–Crippen MR) is 84.4 cm³/mol. The van der Waals surface area contributed by atoms with Crippen LogP contribution in [0.4, 0.5) is 5.69 Å². The van der Waals surface area contributed by atoms with E-state index in [0.29, 0.717) is 23.6 Å². The molecule has 0 radical (unpaired) electrons. The number of benzene rings is 1. The van der Waals surface area contributed by atoms with Crippen molar-refractivity contribution in [3.05, 3.63) is 27.2 Å². The first-order valence-electron chi connectivity index (χ1n) is 6.35. The van der Waals surface area contributed by atoms with E-state index in [0.717, 1.165) is 12.8 Å². The lowest BCUT2D eigenvalue weighted by Crippen LogP contribution is -2.45. The summed E-state index contributed by atoms with van der Waals surface area (Å²) in [5, 5.41) is 15.5. The molecule has 0 aromatic heterocycles. The molecule has 1 aliphatic carbocycles. The van der Waals surface area contributed by atoms with Crippen molar-refractivity contribution in [3.8, 4) is 0 Å². The van der Waals surface area contributed by atoms with E-state index in [2.05, 4.69) is 10.5 Å². The largest absolute Gasteiger partial charge is 0.409 e. The third-order valence-corrected chi connectivity index (χ3v) is 4.78. The van der Waals surface area contributed by atoms with Crippen molar-refractivity contribution in [2.24, 2.45) is 16.3 Å². The minimum absolute atomic E-state index is 0.0892. The molecule has 4 N–H and O–H groups in total. The average Bonchev–Trinajstić information content (AvgIpc) is 2.94. The number of halogens is 3. The molecule has 8 heteroatoms. The van der Waals surface area contributed by atoms with Crippen LogP contribution >= 0.6 is 34.8 Å². The summed E-state index contributed by atoms with van der Waals surface area (Å²) >= 11 is 17.8. The fourth-order valence-electron chi connectivity index (χ4n) is 2.53. The molecule has 0 heterocycles. The first kappa shape index (κ1) is 16.2. The van der Waals surface area contributed by atoms with Crippen molar-refractivity contribution in [1.29, 1.82) is 0 Å². The second-order valence-corrected chi connectivity index (χ2v) is 6.20. The Hall–Kier alpha value is -1.17. The topological polar surface area (TPSA) is 87.7 Å². The number of oxime groups is 1. The van der Waals surface area contributed by atoms with Crippen LogP contribution in [0.1, 0.15) is 25.7 Å². The molecule has 21 heavy (non-hydrogen) atoms. The molecular formula is C13H14Cl3N3O2. The zero-order chi connectivity index (χ0) is 15.6. The van der Waals surface area contributed by atoms with E-state index in [1.807, 2.05) is 0 Å². The molecule has 114 valence electrons. The Morgan fingerprint density at radius 1 is 1.19 bits per heavy atom.